The molecule has 0 bridgehead atoms. The second-order valence-electron chi connectivity index (χ2n) is 4.91. The van der Waals surface area contributed by atoms with Gasteiger partial charge in [-0.3, -0.25) is 0 Å². The molecule has 0 saturated heterocycles. The number of ether oxygens (including phenoxy) is 1. The number of nitrogens with zero attached hydrogens (tertiary/aromatic N) is 2. The molecular weight excluding hydrogens is 284 g/mol. The number of hydrogen-bond acceptors (Lipinski definition) is 6. The van der Waals surface area contributed by atoms with Crippen molar-refractivity contribution in [1.82, 2.24) is 9.97 Å². The lowest BCUT2D eigenvalue weighted by Crippen LogP contribution is -2.06. The van der Waals surface area contributed by atoms with Crippen LogP contribution in [0.5, 0.6) is 0 Å². The van der Waals surface area contributed by atoms with Crippen LogP contribution in [0.2, 0.25) is 0 Å². The van der Waals surface area contributed by atoms with Gasteiger partial charge in [0.25, 0.3) is 0 Å². The lowest BCUT2D eigenvalue weighted by molar-refractivity contribution is 0.192. The number of methoxy groups -OCH3 is 1. The van der Waals surface area contributed by atoms with E-state index in [0.29, 0.717) is 5.95 Å². The van der Waals surface area contributed by atoms with E-state index in [2.05, 4.69) is 33.6 Å². The molecule has 6 heteroatoms. The summed E-state index contributed by atoms with van der Waals surface area (Å²) in [4.78, 5) is 11.5. The molecule has 2 N–H and O–H groups in total. The molecule has 2 aromatic heterocycles. The Bertz CT molecular complexity index is 570. The number of hydrogen-bond donors (Lipinski definition) is 2. The highest BCUT2D eigenvalue weighted by atomic mass is 32.1. The Labute approximate surface area is 130 Å². The minimum Gasteiger partial charge on any atom is -0.385 e. The molecule has 0 aliphatic rings. The summed E-state index contributed by atoms with van der Waals surface area (Å²) in [7, 11) is 3.60. The van der Waals surface area contributed by atoms with E-state index < -0.39 is 0 Å². The van der Waals surface area contributed by atoms with Gasteiger partial charge in [0.2, 0.25) is 5.95 Å². The van der Waals surface area contributed by atoms with Crippen LogP contribution in [0.3, 0.4) is 0 Å². The summed E-state index contributed by atoms with van der Waals surface area (Å²) in [5, 5.41) is 7.62. The molecule has 21 heavy (non-hydrogen) atoms. The van der Waals surface area contributed by atoms with Gasteiger partial charge in [-0.2, -0.15) is 4.98 Å². The molecule has 0 spiro atoms. The summed E-state index contributed by atoms with van der Waals surface area (Å²) in [5.41, 5.74) is 0. The smallest absolute Gasteiger partial charge is 0.225 e. The van der Waals surface area contributed by atoms with Crippen molar-refractivity contribution in [1.29, 1.82) is 0 Å². The SMILES string of the molecule is CCc1cc2c(NCCCCCOC)nc(NC)nc2s1. The molecule has 2 aromatic rings. The first-order chi connectivity index (χ1) is 10.3. The third kappa shape index (κ3) is 4.28. The van der Waals surface area contributed by atoms with Gasteiger partial charge in [-0.05, 0) is 31.7 Å². The second kappa shape index (κ2) is 8.14. The van der Waals surface area contributed by atoms with Crippen molar-refractivity contribution < 1.29 is 4.74 Å². The van der Waals surface area contributed by atoms with Gasteiger partial charge in [-0.1, -0.05) is 6.92 Å². The fraction of sp³-hybridized carbons (Fsp3) is 0.600. The van der Waals surface area contributed by atoms with Crippen molar-refractivity contribution in [2.45, 2.75) is 32.6 Å². The van der Waals surface area contributed by atoms with Crippen molar-refractivity contribution in [3.8, 4) is 0 Å². The minimum absolute atomic E-state index is 0.675. The largest absolute Gasteiger partial charge is 0.385 e. The Morgan fingerprint density at radius 3 is 2.81 bits per heavy atom. The van der Waals surface area contributed by atoms with Gasteiger partial charge >= 0.3 is 0 Å². The number of aryl methyl sites for hydroxylation is 1. The number of unbranched alkanes of at least 4 members (excludes halogenated alkanes) is 2. The third-order valence-electron chi connectivity index (χ3n) is 3.33. The molecule has 116 valence electrons. The first-order valence-corrected chi connectivity index (χ1v) is 8.31. The first kappa shape index (κ1) is 16.0. The number of aromatic nitrogens is 2. The van der Waals surface area contributed by atoms with Crippen LogP contribution >= 0.6 is 11.3 Å². The lowest BCUT2D eigenvalue weighted by atomic mass is 10.2. The summed E-state index contributed by atoms with van der Waals surface area (Å²) in [5.74, 6) is 1.61. The molecule has 2 rings (SSSR count). The van der Waals surface area contributed by atoms with Gasteiger partial charge < -0.3 is 15.4 Å². The van der Waals surface area contributed by atoms with E-state index in [9.17, 15) is 0 Å². The van der Waals surface area contributed by atoms with Crippen LogP contribution in [0.1, 0.15) is 31.1 Å². The first-order valence-electron chi connectivity index (χ1n) is 7.49. The zero-order valence-electron chi connectivity index (χ0n) is 13.0. The van der Waals surface area contributed by atoms with E-state index in [1.807, 2.05) is 7.05 Å². The van der Waals surface area contributed by atoms with Gasteiger partial charge in [0.15, 0.2) is 0 Å². The Hall–Kier alpha value is -1.40. The van der Waals surface area contributed by atoms with E-state index in [0.717, 1.165) is 54.9 Å². The average Bonchev–Trinajstić information content (AvgIpc) is 2.93. The third-order valence-corrected chi connectivity index (χ3v) is 4.51. The highest BCUT2D eigenvalue weighted by Crippen LogP contribution is 2.30. The van der Waals surface area contributed by atoms with Crippen molar-refractivity contribution in [3.05, 3.63) is 10.9 Å². The van der Waals surface area contributed by atoms with Crippen molar-refractivity contribution >= 4 is 33.3 Å². The molecule has 0 aromatic carbocycles. The Balaban J connectivity index is 2.04. The van der Waals surface area contributed by atoms with Crippen LogP contribution in [0, 0.1) is 0 Å². The van der Waals surface area contributed by atoms with E-state index in [-0.39, 0.29) is 0 Å². The average molecular weight is 308 g/mol. The topological polar surface area (TPSA) is 59.1 Å². The van der Waals surface area contributed by atoms with Crippen molar-refractivity contribution in [3.63, 3.8) is 0 Å². The molecule has 0 aliphatic heterocycles. The van der Waals surface area contributed by atoms with Crippen molar-refractivity contribution in [2.24, 2.45) is 0 Å². The molecule has 5 nitrogen and oxygen atoms in total. The second-order valence-corrected chi connectivity index (χ2v) is 6.03. The number of thiophene rings is 1. The summed E-state index contributed by atoms with van der Waals surface area (Å²) < 4.78 is 5.06. The number of fused-ring (bicyclic) bond motifs is 1. The Morgan fingerprint density at radius 1 is 1.24 bits per heavy atom. The zero-order chi connectivity index (χ0) is 15.1. The highest BCUT2D eigenvalue weighted by Gasteiger charge is 2.10. The maximum atomic E-state index is 5.06. The van der Waals surface area contributed by atoms with E-state index in [1.165, 1.54) is 4.88 Å². The predicted molar refractivity (Wildman–Crippen MR) is 90.6 cm³/mol. The summed E-state index contributed by atoms with van der Waals surface area (Å²) in [6.07, 6.45) is 4.43. The van der Waals surface area contributed by atoms with Crippen LogP contribution in [-0.4, -0.2) is 37.3 Å². The monoisotopic (exact) mass is 308 g/mol. The van der Waals surface area contributed by atoms with Crippen LogP contribution in [0.4, 0.5) is 11.8 Å². The normalized spacial score (nSPS) is 11.0. The van der Waals surface area contributed by atoms with Crippen LogP contribution in [0.25, 0.3) is 10.2 Å². The van der Waals surface area contributed by atoms with E-state index >= 15 is 0 Å². The number of nitrogens with one attached hydrogen (secondary N) is 2. The summed E-state index contributed by atoms with van der Waals surface area (Å²) in [6, 6.07) is 2.20. The fourth-order valence-electron chi connectivity index (χ4n) is 2.15. The highest BCUT2D eigenvalue weighted by molar-refractivity contribution is 7.18. The molecule has 0 saturated carbocycles. The van der Waals surface area contributed by atoms with Gasteiger partial charge in [0.1, 0.15) is 10.6 Å². The molecule has 0 unspecified atom stereocenters. The van der Waals surface area contributed by atoms with Crippen LogP contribution in [-0.2, 0) is 11.2 Å². The standard InChI is InChI=1S/C15H24N4OS/c1-4-11-10-12-13(17-8-6-5-7-9-20-3)18-15(16-2)19-14(12)21-11/h10H,4-9H2,1-3H3,(H2,16,17,18,19). The van der Waals surface area contributed by atoms with Crippen molar-refractivity contribution in [2.75, 3.05) is 37.9 Å². The number of rotatable bonds is 9. The minimum atomic E-state index is 0.675. The van der Waals surface area contributed by atoms with E-state index in [4.69, 9.17) is 4.74 Å². The molecule has 0 amide bonds. The van der Waals surface area contributed by atoms with E-state index in [1.54, 1.807) is 18.4 Å². The maximum Gasteiger partial charge on any atom is 0.225 e. The van der Waals surface area contributed by atoms with Gasteiger partial charge in [-0.25, -0.2) is 4.98 Å². The Kier molecular flexibility index (Phi) is 6.20. The molecule has 0 radical (unpaired) electrons. The zero-order valence-corrected chi connectivity index (χ0v) is 13.8. The van der Waals surface area contributed by atoms with Crippen LogP contribution < -0.4 is 10.6 Å². The quantitative estimate of drug-likeness (QED) is 0.694. The Morgan fingerprint density at radius 2 is 2.10 bits per heavy atom. The molecule has 0 fully saturated rings. The lowest BCUT2D eigenvalue weighted by Gasteiger charge is -2.08. The van der Waals surface area contributed by atoms with Gasteiger partial charge in [-0.15, -0.1) is 11.3 Å². The summed E-state index contributed by atoms with van der Waals surface area (Å²) in [6.45, 7) is 3.93. The number of anilines is 2. The maximum absolute atomic E-state index is 5.06. The molecular formula is C15H24N4OS. The summed E-state index contributed by atoms with van der Waals surface area (Å²) >= 11 is 1.74. The molecule has 0 atom stereocenters. The predicted octanol–water partition coefficient (Wildman–Crippen LogP) is 3.52. The van der Waals surface area contributed by atoms with Crippen LogP contribution in [0.15, 0.2) is 6.07 Å². The van der Waals surface area contributed by atoms with Gasteiger partial charge in [0.05, 0.1) is 5.39 Å². The molecule has 2 heterocycles. The molecule has 0 aliphatic carbocycles. The fourth-order valence-corrected chi connectivity index (χ4v) is 3.11. The van der Waals surface area contributed by atoms with Gasteiger partial charge in [0, 0.05) is 32.2 Å².